The second-order valence-electron chi connectivity index (χ2n) is 5.17. The van der Waals surface area contributed by atoms with E-state index < -0.39 is 0 Å². The fourth-order valence-electron chi connectivity index (χ4n) is 2.67. The summed E-state index contributed by atoms with van der Waals surface area (Å²) in [6.45, 7) is 3.03. The van der Waals surface area contributed by atoms with Crippen LogP contribution in [0, 0.1) is 0 Å². The van der Waals surface area contributed by atoms with E-state index in [0.717, 1.165) is 31.6 Å². The molecule has 1 amide bonds. The molecule has 3 rings (SSSR count). The number of rotatable bonds is 2. The molecule has 96 valence electrons. The van der Waals surface area contributed by atoms with Crippen LogP contribution in [0.5, 0.6) is 0 Å². The Morgan fingerprint density at radius 2 is 2.11 bits per heavy atom. The van der Waals surface area contributed by atoms with Gasteiger partial charge in [0, 0.05) is 18.6 Å². The summed E-state index contributed by atoms with van der Waals surface area (Å²) >= 11 is 0. The molecule has 4 heteroatoms. The van der Waals surface area contributed by atoms with Gasteiger partial charge < -0.3 is 15.0 Å². The minimum absolute atomic E-state index is 0.190. The monoisotopic (exact) mass is 246 g/mol. The van der Waals surface area contributed by atoms with Gasteiger partial charge in [-0.1, -0.05) is 30.3 Å². The summed E-state index contributed by atoms with van der Waals surface area (Å²) in [6, 6.07) is 9.79. The zero-order valence-corrected chi connectivity index (χ0v) is 10.4. The van der Waals surface area contributed by atoms with Crippen molar-refractivity contribution in [1.82, 2.24) is 10.2 Å². The van der Waals surface area contributed by atoms with Crippen molar-refractivity contribution in [3.8, 4) is 0 Å². The van der Waals surface area contributed by atoms with E-state index in [1.165, 1.54) is 6.42 Å². The predicted octanol–water partition coefficient (Wildman–Crippen LogP) is 1.76. The minimum atomic E-state index is -0.190. The van der Waals surface area contributed by atoms with Crippen LogP contribution in [-0.2, 0) is 11.3 Å². The number of nitrogens with zero attached hydrogens (tertiary/aromatic N) is 1. The molecule has 2 fully saturated rings. The van der Waals surface area contributed by atoms with Gasteiger partial charge >= 0.3 is 6.09 Å². The SMILES string of the molecule is O=C(OCc1ccccc1)N1CC[C@@]2(CCN2)C1. The third-order valence-electron chi connectivity index (χ3n) is 3.92. The zero-order chi connectivity index (χ0) is 12.4. The second kappa shape index (κ2) is 4.61. The molecule has 2 heterocycles. The van der Waals surface area contributed by atoms with E-state index in [4.69, 9.17) is 4.74 Å². The Kier molecular flexibility index (Phi) is 2.96. The molecule has 0 radical (unpaired) electrons. The first-order valence-electron chi connectivity index (χ1n) is 6.48. The molecule has 0 bridgehead atoms. The summed E-state index contributed by atoms with van der Waals surface area (Å²) in [5.41, 5.74) is 1.23. The first kappa shape index (κ1) is 11.5. The average molecular weight is 246 g/mol. The molecule has 0 saturated carbocycles. The van der Waals surface area contributed by atoms with Crippen LogP contribution in [-0.4, -0.2) is 36.2 Å². The van der Waals surface area contributed by atoms with Crippen LogP contribution < -0.4 is 5.32 Å². The average Bonchev–Trinajstić information content (AvgIpc) is 2.82. The minimum Gasteiger partial charge on any atom is -0.445 e. The van der Waals surface area contributed by atoms with Gasteiger partial charge in [-0.15, -0.1) is 0 Å². The van der Waals surface area contributed by atoms with Gasteiger partial charge in [-0.05, 0) is 24.9 Å². The van der Waals surface area contributed by atoms with Crippen LogP contribution in [0.25, 0.3) is 0 Å². The van der Waals surface area contributed by atoms with E-state index in [1.54, 1.807) is 0 Å². The molecule has 2 aliphatic rings. The van der Waals surface area contributed by atoms with Crippen molar-refractivity contribution in [1.29, 1.82) is 0 Å². The van der Waals surface area contributed by atoms with Gasteiger partial charge in [0.2, 0.25) is 0 Å². The van der Waals surface area contributed by atoms with E-state index in [9.17, 15) is 4.79 Å². The predicted molar refractivity (Wildman–Crippen MR) is 68.2 cm³/mol. The molecule has 0 unspecified atom stereocenters. The second-order valence-corrected chi connectivity index (χ2v) is 5.17. The summed E-state index contributed by atoms with van der Waals surface area (Å²) in [7, 11) is 0. The van der Waals surface area contributed by atoms with Gasteiger partial charge in [-0.2, -0.15) is 0 Å². The topological polar surface area (TPSA) is 41.6 Å². The third kappa shape index (κ3) is 2.20. The summed E-state index contributed by atoms with van der Waals surface area (Å²) in [6.07, 6.45) is 2.03. The summed E-state index contributed by atoms with van der Waals surface area (Å²) < 4.78 is 5.33. The van der Waals surface area contributed by atoms with Crippen molar-refractivity contribution in [2.45, 2.75) is 25.0 Å². The fraction of sp³-hybridized carbons (Fsp3) is 0.500. The summed E-state index contributed by atoms with van der Waals surface area (Å²) in [5.74, 6) is 0. The molecule has 1 aromatic carbocycles. The molecule has 0 aliphatic carbocycles. The lowest BCUT2D eigenvalue weighted by Crippen LogP contribution is -2.58. The van der Waals surface area contributed by atoms with Crippen LogP contribution in [0.15, 0.2) is 30.3 Å². The number of nitrogens with one attached hydrogen (secondary N) is 1. The molecule has 0 aromatic heterocycles. The lowest BCUT2D eigenvalue weighted by atomic mass is 9.87. The largest absolute Gasteiger partial charge is 0.445 e. The maximum Gasteiger partial charge on any atom is 0.410 e. The standard InChI is InChI=1S/C14H18N2O2/c17-13(18-10-12-4-2-1-3-5-12)16-9-7-14(11-16)6-8-15-14/h1-5,15H,6-11H2/t14-/m0/s1. The first-order valence-corrected chi connectivity index (χ1v) is 6.48. The molecule has 1 atom stereocenters. The molecular weight excluding hydrogens is 228 g/mol. The summed E-state index contributed by atoms with van der Waals surface area (Å²) in [4.78, 5) is 13.7. The Labute approximate surface area is 107 Å². The highest BCUT2D eigenvalue weighted by Gasteiger charge is 2.44. The maximum absolute atomic E-state index is 11.9. The number of likely N-dealkylation sites (tertiary alicyclic amines) is 1. The first-order chi connectivity index (χ1) is 8.77. The smallest absolute Gasteiger partial charge is 0.410 e. The number of ether oxygens (including phenoxy) is 1. The van der Waals surface area contributed by atoms with E-state index in [2.05, 4.69) is 5.32 Å². The Morgan fingerprint density at radius 3 is 2.72 bits per heavy atom. The lowest BCUT2D eigenvalue weighted by molar-refractivity contribution is 0.0978. The van der Waals surface area contributed by atoms with Crippen molar-refractivity contribution in [3.63, 3.8) is 0 Å². The Hall–Kier alpha value is -1.55. The van der Waals surface area contributed by atoms with Crippen molar-refractivity contribution in [3.05, 3.63) is 35.9 Å². The van der Waals surface area contributed by atoms with Crippen LogP contribution in [0.1, 0.15) is 18.4 Å². The molecule has 1 spiro atoms. The third-order valence-corrected chi connectivity index (χ3v) is 3.92. The number of hydrogen-bond acceptors (Lipinski definition) is 3. The maximum atomic E-state index is 11.9. The highest BCUT2D eigenvalue weighted by Crippen LogP contribution is 2.30. The normalized spacial score (nSPS) is 26.1. The van der Waals surface area contributed by atoms with E-state index in [0.29, 0.717) is 6.61 Å². The molecule has 1 N–H and O–H groups in total. The van der Waals surface area contributed by atoms with Crippen LogP contribution in [0.3, 0.4) is 0 Å². The Balaban J connectivity index is 1.50. The molecule has 2 aliphatic heterocycles. The van der Waals surface area contributed by atoms with Crippen molar-refractivity contribution in [2.75, 3.05) is 19.6 Å². The highest BCUT2D eigenvalue weighted by atomic mass is 16.6. The molecule has 4 nitrogen and oxygen atoms in total. The van der Waals surface area contributed by atoms with Crippen LogP contribution >= 0.6 is 0 Å². The van der Waals surface area contributed by atoms with Gasteiger partial charge in [-0.25, -0.2) is 4.79 Å². The van der Waals surface area contributed by atoms with Crippen molar-refractivity contribution in [2.24, 2.45) is 0 Å². The van der Waals surface area contributed by atoms with E-state index in [-0.39, 0.29) is 11.6 Å². The van der Waals surface area contributed by atoms with Crippen molar-refractivity contribution >= 4 is 6.09 Å². The zero-order valence-electron chi connectivity index (χ0n) is 10.4. The Morgan fingerprint density at radius 1 is 1.33 bits per heavy atom. The van der Waals surface area contributed by atoms with E-state index in [1.807, 2.05) is 35.2 Å². The number of benzene rings is 1. The molecule has 18 heavy (non-hydrogen) atoms. The quantitative estimate of drug-likeness (QED) is 0.864. The highest BCUT2D eigenvalue weighted by molar-refractivity contribution is 5.68. The lowest BCUT2D eigenvalue weighted by Gasteiger charge is -2.39. The van der Waals surface area contributed by atoms with Gasteiger partial charge in [-0.3, -0.25) is 0 Å². The Bertz CT molecular complexity index is 429. The van der Waals surface area contributed by atoms with Crippen LogP contribution in [0.2, 0.25) is 0 Å². The molecule has 1 aromatic rings. The number of amides is 1. The molecule has 2 saturated heterocycles. The number of carbonyl (C=O) groups excluding carboxylic acids is 1. The van der Waals surface area contributed by atoms with Gasteiger partial charge in [0.1, 0.15) is 6.61 Å². The fourth-order valence-corrected chi connectivity index (χ4v) is 2.67. The van der Waals surface area contributed by atoms with Crippen LogP contribution in [0.4, 0.5) is 4.79 Å². The number of hydrogen-bond donors (Lipinski definition) is 1. The van der Waals surface area contributed by atoms with Gasteiger partial charge in [0.15, 0.2) is 0 Å². The van der Waals surface area contributed by atoms with Gasteiger partial charge in [0.25, 0.3) is 0 Å². The van der Waals surface area contributed by atoms with E-state index >= 15 is 0 Å². The number of carbonyl (C=O) groups is 1. The summed E-state index contributed by atoms with van der Waals surface area (Å²) in [5, 5.41) is 3.43. The van der Waals surface area contributed by atoms with Gasteiger partial charge in [0.05, 0.1) is 0 Å². The van der Waals surface area contributed by atoms with Crippen molar-refractivity contribution < 1.29 is 9.53 Å². The molecular formula is C14H18N2O2.